The van der Waals surface area contributed by atoms with Gasteiger partial charge in [0.1, 0.15) is 6.61 Å². The maximum Gasteiger partial charge on any atom is 0.319 e. The molecular weight excluding hydrogens is 348 g/mol. The van der Waals surface area contributed by atoms with Gasteiger partial charge in [0, 0.05) is 26.2 Å². The number of methoxy groups -OCH3 is 1. The Kier molecular flexibility index (Phi) is 11.0. The Balaban J connectivity index is 2.66. The van der Waals surface area contributed by atoms with Crippen LogP contribution in [0.15, 0.2) is 30.8 Å². The SMILES string of the molecule is C=Cc1ccc(C(O)CN(CCN(CC)CCOC=O)CC(=O)OC)cc1. The largest absolute Gasteiger partial charge is 0.468 e. The quantitative estimate of drug-likeness (QED) is 0.297. The van der Waals surface area contributed by atoms with Crippen LogP contribution in [0.3, 0.4) is 0 Å². The highest BCUT2D eigenvalue weighted by molar-refractivity contribution is 5.71. The molecule has 150 valence electrons. The van der Waals surface area contributed by atoms with Crippen LogP contribution in [0.2, 0.25) is 0 Å². The Bertz CT molecular complexity index is 576. The smallest absolute Gasteiger partial charge is 0.319 e. The van der Waals surface area contributed by atoms with Gasteiger partial charge >= 0.3 is 5.97 Å². The summed E-state index contributed by atoms with van der Waals surface area (Å²) < 4.78 is 9.50. The Morgan fingerprint density at radius 2 is 1.89 bits per heavy atom. The van der Waals surface area contributed by atoms with Crippen molar-refractivity contribution in [1.82, 2.24) is 9.80 Å². The van der Waals surface area contributed by atoms with Gasteiger partial charge in [0.05, 0.1) is 19.8 Å². The number of aliphatic hydroxyl groups is 1. The first-order valence-electron chi connectivity index (χ1n) is 9.01. The third-order valence-corrected chi connectivity index (χ3v) is 4.34. The first-order chi connectivity index (χ1) is 13.0. The van der Waals surface area contributed by atoms with E-state index in [1.165, 1.54) is 7.11 Å². The van der Waals surface area contributed by atoms with Gasteiger partial charge in [0.25, 0.3) is 6.47 Å². The molecule has 0 spiro atoms. The van der Waals surface area contributed by atoms with E-state index in [1.54, 1.807) is 6.08 Å². The van der Waals surface area contributed by atoms with Crippen LogP contribution in [-0.4, -0.2) is 80.3 Å². The maximum atomic E-state index is 11.7. The summed E-state index contributed by atoms with van der Waals surface area (Å²) in [5, 5.41) is 10.5. The number of aliphatic hydroxyl groups excluding tert-OH is 1. The van der Waals surface area contributed by atoms with Gasteiger partial charge in [0.2, 0.25) is 0 Å². The van der Waals surface area contributed by atoms with Gasteiger partial charge in [-0.05, 0) is 17.7 Å². The molecule has 0 aromatic heterocycles. The molecule has 0 saturated carbocycles. The van der Waals surface area contributed by atoms with Gasteiger partial charge in [-0.25, -0.2) is 0 Å². The summed E-state index contributed by atoms with van der Waals surface area (Å²) in [5.41, 5.74) is 1.76. The van der Waals surface area contributed by atoms with Crippen LogP contribution in [0, 0.1) is 0 Å². The van der Waals surface area contributed by atoms with Crippen molar-refractivity contribution in [1.29, 1.82) is 0 Å². The monoisotopic (exact) mass is 378 g/mol. The fourth-order valence-electron chi connectivity index (χ4n) is 2.63. The molecule has 1 N–H and O–H groups in total. The number of ether oxygens (including phenoxy) is 2. The van der Waals surface area contributed by atoms with E-state index < -0.39 is 6.10 Å². The van der Waals surface area contributed by atoms with Crippen molar-refractivity contribution in [2.24, 2.45) is 0 Å². The topological polar surface area (TPSA) is 79.3 Å². The van der Waals surface area contributed by atoms with E-state index in [4.69, 9.17) is 9.47 Å². The third-order valence-electron chi connectivity index (χ3n) is 4.34. The van der Waals surface area contributed by atoms with Crippen LogP contribution >= 0.6 is 0 Å². The molecule has 1 atom stereocenters. The van der Waals surface area contributed by atoms with Crippen LogP contribution in [0.4, 0.5) is 0 Å². The van der Waals surface area contributed by atoms with Gasteiger partial charge in [-0.3, -0.25) is 19.4 Å². The molecule has 1 aromatic carbocycles. The minimum absolute atomic E-state index is 0.0979. The number of esters is 1. The lowest BCUT2D eigenvalue weighted by atomic mass is 10.1. The number of carbonyl (C=O) groups excluding carboxylic acids is 2. The molecule has 0 amide bonds. The molecule has 1 aromatic rings. The van der Waals surface area contributed by atoms with Crippen molar-refractivity contribution in [3.05, 3.63) is 42.0 Å². The molecule has 0 bridgehead atoms. The molecule has 7 nitrogen and oxygen atoms in total. The molecule has 0 aliphatic rings. The van der Waals surface area contributed by atoms with E-state index in [9.17, 15) is 14.7 Å². The molecule has 1 rings (SSSR count). The van der Waals surface area contributed by atoms with Crippen LogP contribution in [-0.2, 0) is 19.1 Å². The molecule has 0 aliphatic carbocycles. The highest BCUT2D eigenvalue weighted by atomic mass is 16.5. The van der Waals surface area contributed by atoms with Crippen LogP contribution in [0.25, 0.3) is 6.08 Å². The summed E-state index contributed by atoms with van der Waals surface area (Å²) in [6.45, 7) is 9.57. The second-order valence-corrected chi connectivity index (χ2v) is 6.10. The summed E-state index contributed by atoms with van der Waals surface area (Å²) in [4.78, 5) is 26.0. The number of likely N-dealkylation sites (N-methyl/N-ethyl adjacent to an activating group) is 1. The molecule has 0 saturated heterocycles. The standard InChI is InChI=1S/C20H30N2O5/c1-4-17-6-8-18(9-7-17)19(24)14-22(15-20(25)26-3)11-10-21(5-2)12-13-27-16-23/h4,6-9,16,19,24H,1,5,10-15H2,2-3H3. The number of benzene rings is 1. The van der Waals surface area contributed by atoms with E-state index in [0.717, 1.165) is 17.7 Å². The minimum Gasteiger partial charge on any atom is -0.468 e. The molecule has 0 fully saturated rings. The predicted octanol–water partition coefficient (Wildman–Crippen LogP) is 1.33. The van der Waals surface area contributed by atoms with Crippen LogP contribution < -0.4 is 0 Å². The Hall–Kier alpha value is -2.22. The zero-order chi connectivity index (χ0) is 20.1. The van der Waals surface area contributed by atoms with E-state index >= 15 is 0 Å². The fraction of sp³-hybridized carbons (Fsp3) is 0.500. The van der Waals surface area contributed by atoms with Gasteiger partial charge in [-0.1, -0.05) is 43.8 Å². The predicted molar refractivity (Wildman–Crippen MR) is 104 cm³/mol. The lowest BCUT2D eigenvalue weighted by Gasteiger charge is -2.27. The Morgan fingerprint density at radius 1 is 1.22 bits per heavy atom. The second-order valence-electron chi connectivity index (χ2n) is 6.10. The Labute approximate surface area is 161 Å². The number of nitrogens with zero attached hydrogens (tertiary/aromatic N) is 2. The molecule has 0 aliphatic heterocycles. The summed E-state index contributed by atoms with van der Waals surface area (Å²) in [5.74, 6) is -0.350. The van der Waals surface area contributed by atoms with E-state index in [0.29, 0.717) is 39.3 Å². The number of hydrogen-bond donors (Lipinski definition) is 1. The minimum atomic E-state index is -0.720. The molecule has 27 heavy (non-hydrogen) atoms. The second kappa shape index (κ2) is 13.0. The van der Waals surface area contributed by atoms with Crippen molar-refractivity contribution >= 4 is 18.5 Å². The molecule has 1 unspecified atom stereocenters. The van der Waals surface area contributed by atoms with E-state index in [1.807, 2.05) is 36.1 Å². The highest BCUT2D eigenvalue weighted by Crippen LogP contribution is 2.16. The zero-order valence-electron chi connectivity index (χ0n) is 16.2. The molecule has 7 heteroatoms. The van der Waals surface area contributed by atoms with Crippen molar-refractivity contribution in [2.75, 3.05) is 53.0 Å². The molecular formula is C20H30N2O5. The number of carbonyl (C=O) groups is 2. The lowest BCUT2D eigenvalue weighted by Crippen LogP contribution is -2.41. The average molecular weight is 378 g/mol. The van der Waals surface area contributed by atoms with Crippen molar-refractivity contribution in [3.63, 3.8) is 0 Å². The van der Waals surface area contributed by atoms with Gasteiger partial charge in [-0.2, -0.15) is 0 Å². The summed E-state index contributed by atoms with van der Waals surface area (Å²) in [6, 6.07) is 7.49. The highest BCUT2D eigenvalue weighted by Gasteiger charge is 2.18. The van der Waals surface area contributed by atoms with Crippen LogP contribution in [0.5, 0.6) is 0 Å². The molecule has 0 radical (unpaired) electrons. The van der Waals surface area contributed by atoms with Gasteiger partial charge in [-0.15, -0.1) is 0 Å². The average Bonchev–Trinajstić information content (AvgIpc) is 2.70. The van der Waals surface area contributed by atoms with Crippen LogP contribution in [0.1, 0.15) is 24.2 Å². The van der Waals surface area contributed by atoms with Crippen molar-refractivity contribution < 1.29 is 24.2 Å². The fourth-order valence-corrected chi connectivity index (χ4v) is 2.63. The molecule has 0 heterocycles. The van der Waals surface area contributed by atoms with Crippen molar-refractivity contribution in [3.8, 4) is 0 Å². The van der Waals surface area contributed by atoms with Gasteiger partial charge in [0.15, 0.2) is 0 Å². The first kappa shape index (κ1) is 22.8. The summed E-state index contributed by atoms with van der Waals surface area (Å²) in [7, 11) is 1.35. The normalized spacial score (nSPS) is 12.0. The lowest BCUT2D eigenvalue weighted by molar-refractivity contribution is -0.142. The zero-order valence-corrected chi connectivity index (χ0v) is 16.2. The van der Waals surface area contributed by atoms with Crippen molar-refractivity contribution in [2.45, 2.75) is 13.0 Å². The number of rotatable bonds is 14. The Morgan fingerprint density at radius 3 is 2.44 bits per heavy atom. The summed E-state index contributed by atoms with van der Waals surface area (Å²) in [6.07, 6.45) is 1.02. The van der Waals surface area contributed by atoms with Gasteiger partial charge < -0.3 is 14.6 Å². The summed E-state index contributed by atoms with van der Waals surface area (Å²) >= 11 is 0. The van der Waals surface area contributed by atoms with E-state index in [-0.39, 0.29) is 12.5 Å². The third kappa shape index (κ3) is 8.81. The maximum absolute atomic E-state index is 11.7. The first-order valence-corrected chi connectivity index (χ1v) is 9.01. The number of hydrogen-bond acceptors (Lipinski definition) is 7. The van der Waals surface area contributed by atoms with E-state index in [2.05, 4.69) is 11.5 Å².